The largest absolute Gasteiger partial charge is 0.344 e. The van der Waals surface area contributed by atoms with Gasteiger partial charge < -0.3 is 10.6 Å². The maximum absolute atomic E-state index is 11.8. The Bertz CT molecular complexity index is 511. The highest BCUT2D eigenvalue weighted by Gasteiger charge is 2.27. The fraction of sp³-hybridized carbons (Fsp3) is 0.308. The number of Topliss-reactive ketones (excluding diaryl/α,β-unsaturated/α-hetero) is 1. The van der Waals surface area contributed by atoms with E-state index in [9.17, 15) is 14.4 Å². The zero-order chi connectivity index (χ0) is 13.1. The highest BCUT2D eigenvalue weighted by atomic mass is 16.2. The lowest BCUT2D eigenvalue weighted by Gasteiger charge is -2.11. The Hall–Kier alpha value is -2.17. The summed E-state index contributed by atoms with van der Waals surface area (Å²) in [4.78, 5) is 34.1. The summed E-state index contributed by atoms with van der Waals surface area (Å²) in [7, 11) is 0. The van der Waals surface area contributed by atoms with Gasteiger partial charge in [-0.25, -0.2) is 0 Å². The molecule has 1 heterocycles. The van der Waals surface area contributed by atoms with Gasteiger partial charge in [0.25, 0.3) is 0 Å². The van der Waals surface area contributed by atoms with Gasteiger partial charge in [0.2, 0.25) is 11.8 Å². The van der Waals surface area contributed by atoms with Gasteiger partial charge >= 0.3 is 0 Å². The van der Waals surface area contributed by atoms with E-state index in [0.717, 1.165) is 0 Å². The van der Waals surface area contributed by atoms with E-state index < -0.39 is 6.04 Å². The Morgan fingerprint density at radius 3 is 2.78 bits per heavy atom. The van der Waals surface area contributed by atoms with Crippen LogP contribution < -0.4 is 10.6 Å². The topological polar surface area (TPSA) is 75.3 Å². The first kappa shape index (κ1) is 12.3. The van der Waals surface area contributed by atoms with Gasteiger partial charge in [0.15, 0.2) is 5.78 Å². The molecule has 18 heavy (non-hydrogen) atoms. The van der Waals surface area contributed by atoms with Crippen LogP contribution in [-0.2, 0) is 9.59 Å². The summed E-state index contributed by atoms with van der Waals surface area (Å²) in [6.07, 6.45) is 0.892. The van der Waals surface area contributed by atoms with E-state index in [1.165, 1.54) is 6.92 Å². The van der Waals surface area contributed by atoms with Crippen LogP contribution in [0.25, 0.3) is 0 Å². The van der Waals surface area contributed by atoms with E-state index in [4.69, 9.17) is 0 Å². The number of benzene rings is 1. The second-order valence-electron chi connectivity index (χ2n) is 4.29. The smallest absolute Gasteiger partial charge is 0.246 e. The van der Waals surface area contributed by atoms with Crippen LogP contribution in [0.15, 0.2) is 24.3 Å². The quantitative estimate of drug-likeness (QED) is 0.784. The molecule has 5 nitrogen and oxygen atoms in total. The molecule has 1 aromatic carbocycles. The zero-order valence-corrected chi connectivity index (χ0v) is 10.0. The van der Waals surface area contributed by atoms with Crippen LogP contribution in [0.1, 0.15) is 30.1 Å². The van der Waals surface area contributed by atoms with Gasteiger partial charge in [0.1, 0.15) is 6.04 Å². The van der Waals surface area contributed by atoms with Crippen molar-refractivity contribution in [2.75, 3.05) is 5.32 Å². The van der Waals surface area contributed by atoms with E-state index in [1.807, 2.05) is 0 Å². The van der Waals surface area contributed by atoms with Crippen molar-refractivity contribution in [1.29, 1.82) is 0 Å². The second kappa shape index (κ2) is 5.00. The summed E-state index contributed by atoms with van der Waals surface area (Å²) < 4.78 is 0. The minimum Gasteiger partial charge on any atom is -0.344 e. The van der Waals surface area contributed by atoms with Crippen molar-refractivity contribution in [2.24, 2.45) is 0 Å². The number of rotatable bonds is 3. The average Bonchev–Trinajstić information content (AvgIpc) is 2.76. The van der Waals surface area contributed by atoms with Gasteiger partial charge in [0, 0.05) is 17.7 Å². The monoisotopic (exact) mass is 246 g/mol. The van der Waals surface area contributed by atoms with E-state index in [1.54, 1.807) is 24.3 Å². The van der Waals surface area contributed by atoms with Crippen LogP contribution in [0.3, 0.4) is 0 Å². The SMILES string of the molecule is CC(=O)c1cccc(NC(=O)C2CCC(=O)N2)c1. The normalized spacial score (nSPS) is 18.3. The molecule has 0 saturated carbocycles. The lowest BCUT2D eigenvalue weighted by molar-refractivity contribution is -0.122. The standard InChI is InChI=1S/C13H14N2O3/c1-8(16)9-3-2-4-10(7-9)14-13(18)11-5-6-12(17)15-11/h2-4,7,11H,5-6H2,1H3,(H,14,18)(H,15,17). The summed E-state index contributed by atoms with van der Waals surface area (Å²) in [6, 6.07) is 6.26. The Kier molecular flexibility index (Phi) is 3.41. The van der Waals surface area contributed by atoms with Gasteiger partial charge in [-0.3, -0.25) is 14.4 Å². The molecule has 1 atom stereocenters. The molecule has 2 rings (SSSR count). The van der Waals surface area contributed by atoms with Crippen LogP contribution >= 0.6 is 0 Å². The molecule has 2 amide bonds. The Morgan fingerprint density at radius 2 is 2.17 bits per heavy atom. The molecule has 0 aromatic heterocycles. The molecule has 0 spiro atoms. The van der Waals surface area contributed by atoms with Crippen molar-refractivity contribution >= 4 is 23.3 Å². The molecule has 0 aliphatic carbocycles. The minimum absolute atomic E-state index is 0.0553. The number of hydrogen-bond donors (Lipinski definition) is 2. The number of nitrogens with one attached hydrogen (secondary N) is 2. The average molecular weight is 246 g/mol. The number of carbonyl (C=O) groups is 3. The van der Waals surface area contributed by atoms with Crippen molar-refractivity contribution < 1.29 is 14.4 Å². The molecule has 1 aliphatic heterocycles. The number of hydrogen-bond acceptors (Lipinski definition) is 3. The van der Waals surface area contributed by atoms with Crippen LogP contribution in [0.2, 0.25) is 0 Å². The maximum atomic E-state index is 11.8. The van der Waals surface area contributed by atoms with Crippen LogP contribution in [0.4, 0.5) is 5.69 Å². The zero-order valence-electron chi connectivity index (χ0n) is 10.0. The van der Waals surface area contributed by atoms with Crippen LogP contribution in [0.5, 0.6) is 0 Å². The van der Waals surface area contributed by atoms with E-state index >= 15 is 0 Å². The predicted octanol–water partition coefficient (Wildman–Crippen LogP) is 1.11. The lowest BCUT2D eigenvalue weighted by Crippen LogP contribution is -2.37. The molecule has 2 N–H and O–H groups in total. The molecular formula is C13H14N2O3. The Morgan fingerprint density at radius 1 is 1.39 bits per heavy atom. The van der Waals surface area contributed by atoms with Crippen molar-refractivity contribution in [2.45, 2.75) is 25.8 Å². The molecule has 1 aliphatic rings. The van der Waals surface area contributed by atoms with Crippen LogP contribution in [0, 0.1) is 0 Å². The molecule has 1 fully saturated rings. The predicted molar refractivity (Wildman–Crippen MR) is 66.2 cm³/mol. The van der Waals surface area contributed by atoms with Crippen molar-refractivity contribution in [1.82, 2.24) is 5.32 Å². The first-order chi connectivity index (χ1) is 8.56. The minimum atomic E-state index is -0.474. The molecule has 1 aromatic rings. The van der Waals surface area contributed by atoms with E-state index in [-0.39, 0.29) is 17.6 Å². The summed E-state index contributed by atoms with van der Waals surface area (Å²) >= 11 is 0. The Labute approximate surface area is 105 Å². The summed E-state index contributed by atoms with van der Waals surface area (Å²) in [5.74, 6) is -0.408. The first-order valence-corrected chi connectivity index (χ1v) is 5.77. The second-order valence-corrected chi connectivity index (χ2v) is 4.29. The molecular weight excluding hydrogens is 232 g/mol. The number of ketones is 1. The highest BCUT2D eigenvalue weighted by Crippen LogP contribution is 2.14. The van der Waals surface area contributed by atoms with Gasteiger partial charge in [0.05, 0.1) is 0 Å². The van der Waals surface area contributed by atoms with Crippen molar-refractivity contribution in [3.05, 3.63) is 29.8 Å². The summed E-state index contributed by atoms with van der Waals surface area (Å²) in [6.45, 7) is 1.47. The molecule has 0 bridgehead atoms. The molecule has 1 unspecified atom stereocenters. The third-order valence-corrected chi connectivity index (χ3v) is 2.85. The fourth-order valence-corrected chi connectivity index (χ4v) is 1.86. The highest BCUT2D eigenvalue weighted by molar-refractivity contribution is 6.00. The molecule has 1 saturated heterocycles. The van der Waals surface area contributed by atoms with Gasteiger partial charge in [-0.05, 0) is 25.5 Å². The summed E-state index contributed by atoms with van der Waals surface area (Å²) in [5.41, 5.74) is 1.11. The maximum Gasteiger partial charge on any atom is 0.246 e. The summed E-state index contributed by atoms with van der Waals surface area (Å²) in [5, 5.41) is 5.29. The lowest BCUT2D eigenvalue weighted by atomic mass is 10.1. The first-order valence-electron chi connectivity index (χ1n) is 5.77. The molecule has 5 heteroatoms. The van der Waals surface area contributed by atoms with Crippen LogP contribution in [-0.4, -0.2) is 23.6 Å². The number of amides is 2. The third-order valence-electron chi connectivity index (χ3n) is 2.85. The van der Waals surface area contributed by atoms with Gasteiger partial charge in [-0.1, -0.05) is 12.1 Å². The van der Waals surface area contributed by atoms with Gasteiger partial charge in [-0.15, -0.1) is 0 Å². The molecule has 0 radical (unpaired) electrons. The van der Waals surface area contributed by atoms with E-state index in [2.05, 4.69) is 10.6 Å². The Balaban J connectivity index is 2.05. The fourth-order valence-electron chi connectivity index (χ4n) is 1.86. The van der Waals surface area contributed by atoms with Gasteiger partial charge in [-0.2, -0.15) is 0 Å². The van der Waals surface area contributed by atoms with Crippen molar-refractivity contribution in [3.63, 3.8) is 0 Å². The number of anilines is 1. The molecule has 94 valence electrons. The van der Waals surface area contributed by atoms with E-state index in [0.29, 0.717) is 24.1 Å². The number of carbonyl (C=O) groups excluding carboxylic acids is 3. The van der Waals surface area contributed by atoms with Crippen molar-refractivity contribution in [3.8, 4) is 0 Å². The third kappa shape index (κ3) is 2.74.